The Labute approximate surface area is 141 Å². The smallest absolute Gasteiger partial charge is 0.229 e. The maximum atomic E-state index is 12.1. The van der Waals surface area contributed by atoms with Crippen molar-refractivity contribution in [3.8, 4) is 0 Å². The predicted octanol–water partition coefficient (Wildman–Crippen LogP) is 2.54. The minimum Gasteiger partial charge on any atom is -0.356 e. The lowest BCUT2D eigenvalue weighted by Gasteiger charge is -2.14. The minimum absolute atomic E-state index is 0.0233. The second kappa shape index (κ2) is 7.59. The molecule has 2 heterocycles. The van der Waals surface area contributed by atoms with Crippen LogP contribution >= 0.6 is 0 Å². The van der Waals surface area contributed by atoms with Crippen LogP contribution in [0.4, 0.5) is 0 Å². The highest BCUT2D eigenvalue weighted by atomic mass is 16.5. The molecule has 2 aromatic rings. The van der Waals surface area contributed by atoms with E-state index in [0.29, 0.717) is 31.1 Å². The summed E-state index contributed by atoms with van der Waals surface area (Å²) in [6, 6.07) is 0.0895. The molecule has 3 rings (SSSR count). The number of aryl methyl sites for hydroxylation is 1. The normalized spacial score (nSPS) is 16.4. The summed E-state index contributed by atoms with van der Waals surface area (Å²) in [5.74, 6) is 2.81. The Morgan fingerprint density at radius 1 is 1.46 bits per heavy atom. The molecule has 0 radical (unpaired) electrons. The first-order valence-corrected chi connectivity index (χ1v) is 8.72. The third kappa shape index (κ3) is 4.01. The summed E-state index contributed by atoms with van der Waals surface area (Å²) in [6.45, 7) is 4.48. The van der Waals surface area contributed by atoms with Crippen molar-refractivity contribution < 1.29 is 9.32 Å². The topological polar surface area (TPSA) is 85.8 Å². The number of amides is 1. The first-order chi connectivity index (χ1) is 11.6. The Balaban J connectivity index is 1.41. The van der Waals surface area contributed by atoms with Crippen LogP contribution in [0.3, 0.4) is 0 Å². The Morgan fingerprint density at radius 2 is 2.25 bits per heavy atom. The fraction of sp³-hybridized carbons (Fsp3) is 0.647. The van der Waals surface area contributed by atoms with Crippen LogP contribution in [-0.4, -0.2) is 32.1 Å². The van der Waals surface area contributed by atoms with Gasteiger partial charge in [-0.2, -0.15) is 4.98 Å². The van der Waals surface area contributed by atoms with Crippen molar-refractivity contribution in [3.63, 3.8) is 0 Å². The molecule has 0 aliphatic heterocycles. The van der Waals surface area contributed by atoms with Gasteiger partial charge in [0.2, 0.25) is 11.8 Å². The van der Waals surface area contributed by atoms with E-state index in [-0.39, 0.29) is 11.9 Å². The maximum absolute atomic E-state index is 12.1. The van der Waals surface area contributed by atoms with Crippen molar-refractivity contribution in [1.82, 2.24) is 25.0 Å². The molecule has 7 nitrogen and oxygen atoms in total. The van der Waals surface area contributed by atoms with E-state index in [1.807, 2.05) is 24.6 Å². The monoisotopic (exact) mass is 331 g/mol. The van der Waals surface area contributed by atoms with Crippen molar-refractivity contribution in [2.45, 2.75) is 64.3 Å². The fourth-order valence-electron chi connectivity index (χ4n) is 3.31. The van der Waals surface area contributed by atoms with E-state index in [0.717, 1.165) is 24.6 Å². The van der Waals surface area contributed by atoms with Gasteiger partial charge in [-0.15, -0.1) is 0 Å². The largest absolute Gasteiger partial charge is 0.356 e. The standard InChI is InChI=1S/C17H25N5O2/c1-12(22-10-9-18-13(22)2)11-16(23)19-8-7-15-20-17(24-21-15)14-5-3-4-6-14/h9-10,12,14H,3-8,11H2,1-2H3,(H,19,23). The molecule has 1 N–H and O–H groups in total. The summed E-state index contributed by atoms with van der Waals surface area (Å²) >= 11 is 0. The van der Waals surface area contributed by atoms with Crippen LogP contribution in [0.2, 0.25) is 0 Å². The van der Waals surface area contributed by atoms with E-state index < -0.39 is 0 Å². The lowest BCUT2D eigenvalue weighted by molar-refractivity contribution is -0.121. The summed E-state index contributed by atoms with van der Waals surface area (Å²) in [5, 5.41) is 6.95. The summed E-state index contributed by atoms with van der Waals surface area (Å²) in [5.41, 5.74) is 0. The Morgan fingerprint density at radius 3 is 2.96 bits per heavy atom. The van der Waals surface area contributed by atoms with Gasteiger partial charge in [-0.25, -0.2) is 4.98 Å². The summed E-state index contributed by atoms with van der Waals surface area (Å²) in [7, 11) is 0. The molecular formula is C17H25N5O2. The zero-order valence-corrected chi connectivity index (χ0v) is 14.4. The van der Waals surface area contributed by atoms with Crippen LogP contribution < -0.4 is 5.32 Å². The lowest BCUT2D eigenvalue weighted by Crippen LogP contribution is -2.28. The number of aromatic nitrogens is 4. The quantitative estimate of drug-likeness (QED) is 0.842. The van der Waals surface area contributed by atoms with E-state index in [4.69, 9.17) is 4.52 Å². The van der Waals surface area contributed by atoms with E-state index >= 15 is 0 Å². The van der Waals surface area contributed by atoms with Gasteiger partial charge >= 0.3 is 0 Å². The highest BCUT2D eigenvalue weighted by Gasteiger charge is 2.22. The zero-order chi connectivity index (χ0) is 16.9. The van der Waals surface area contributed by atoms with Gasteiger partial charge in [0, 0.05) is 43.7 Å². The molecule has 1 unspecified atom stereocenters. The molecule has 24 heavy (non-hydrogen) atoms. The second-order valence-electron chi connectivity index (χ2n) is 6.57. The molecule has 130 valence electrons. The molecule has 2 aromatic heterocycles. The summed E-state index contributed by atoms with van der Waals surface area (Å²) in [4.78, 5) is 20.7. The van der Waals surface area contributed by atoms with Crippen molar-refractivity contribution in [1.29, 1.82) is 0 Å². The summed E-state index contributed by atoms with van der Waals surface area (Å²) in [6.07, 6.45) is 9.45. The molecule has 1 amide bonds. The van der Waals surface area contributed by atoms with E-state index in [1.165, 1.54) is 12.8 Å². The van der Waals surface area contributed by atoms with Crippen molar-refractivity contribution >= 4 is 5.91 Å². The average Bonchev–Trinajstić information content (AvgIpc) is 3.27. The lowest BCUT2D eigenvalue weighted by atomic mass is 10.1. The predicted molar refractivity (Wildman–Crippen MR) is 88.5 cm³/mol. The number of nitrogens with one attached hydrogen (secondary N) is 1. The Hall–Kier alpha value is -2.18. The molecule has 0 bridgehead atoms. The first kappa shape index (κ1) is 16.7. The number of nitrogens with zero attached hydrogens (tertiary/aromatic N) is 4. The SMILES string of the molecule is Cc1nccn1C(C)CC(=O)NCCc1noc(C2CCCC2)n1. The molecule has 0 saturated heterocycles. The third-order valence-electron chi connectivity index (χ3n) is 4.68. The Bertz CT molecular complexity index is 672. The van der Waals surface area contributed by atoms with Gasteiger partial charge in [0.05, 0.1) is 0 Å². The highest BCUT2D eigenvalue weighted by molar-refractivity contribution is 5.76. The van der Waals surface area contributed by atoms with Gasteiger partial charge in [0.1, 0.15) is 5.82 Å². The van der Waals surface area contributed by atoms with Crippen LogP contribution in [0.5, 0.6) is 0 Å². The van der Waals surface area contributed by atoms with Crippen LogP contribution in [0.25, 0.3) is 0 Å². The van der Waals surface area contributed by atoms with E-state index in [1.54, 1.807) is 6.20 Å². The number of carbonyl (C=O) groups is 1. The van der Waals surface area contributed by atoms with Crippen LogP contribution in [-0.2, 0) is 11.2 Å². The van der Waals surface area contributed by atoms with Gasteiger partial charge < -0.3 is 14.4 Å². The molecule has 1 aliphatic rings. The first-order valence-electron chi connectivity index (χ1n) is 8.72. The van der Waals surface area contributed by atoms with Crippen LogP contribution in [0, 0.1) is 6.92 Å². The average molecular weight is 331 g/mol. The molecule has 1 saturated carbocycles. The van der Waals surface area contributed by atoms with E-state index in [9.17, 15) is 4.79 Å². The zero-order valence-electron chi connectivity index (χ0n) is 14.4. The number of imidazole rings is 1. The highest BCUT2D eigenvalue weighted by Crippen LogP contribution is 2.32. The molecule has 0 aromatic carbocycles. The Kier molecular flexibility index (Phi) is 5.27. The minimum atomic E-state index is 0.0233. The van der Waals surface area contributed by atoms with Crippen LogP contribution in [0.1, 0.15) is 68.5 Å². The molecular weight excluding hydrogens is 306 g/mol. The van der Waals surface area contributed by atoms with Crippen molar-refractivity contribution in [2.75, 3.05) is 6.54 Å². The second-order valence-corrected chi connectivity index (χ2v) is 6.57. The van der Waals surface area contributed by atoms with Gasteiger partial charge in [-0.1, -0.05) is 18.0 Å². The van der Waals surface area contributed by atoms with Gasteiger partial charge in [-0.3, -0.25) is 4.79 Å². The fourth-order valence-corrected chi connectivity index (χ4v) is 3.31. The molecule has 1 atom stereocenters. The number of hydrogen-bond acceptors (Lipinski definition) is 5. The van der Waals surface area contributed by atoms with E-state index in [2.05, 4.69) is 20.4 Å². The maximum Gasteiger partial charge on any atom is 0.229 e. The van der Waals surface area contributed by atoms with Gasteiger partial charge in [-0.05, 0) is 26.7 Å². The number of rotatable bonds is 7. The molecule has 7 heteroatoms. The van der Waals surface area contributed by atoms with Gasteiger partial charge in [0.25, 0.3) is 0 Å². The van der Waals surface area contributed by atoms with Crippen molar-refractivity contribution in [3.05, 3.63) is 29.9 Å². The molecule has 1 aliphatic carbocycles. The van der Waals surface area contributed by atoms with Crippen LogP contribution in [0.15, 0.2) is 16.9 Å². The van der Waals surface area contributed by atoms with Crippen molar-refractivity contribution in [2.24, 2.45) is 0 Å². The summed E-state index contributed by atoms with van der Waals surface area (Å²) < 4.78 is 7.36. The third-order valence-corrected chi connectivity index (χ3v) is 4.68. The molecule has 1 fully saturated rings. The molecule has 0 spiro atoms. The van der Waals surface area contributed by atoms with Gasteiger partial charge in [0.15, 0.2) is 5.82 Å². The number of carbonyl (C=O) groups excluding carboxylic acids is 1. The number of hydrogen-bond donors (Lipinski definition) is 1.